The summed E-state index contributed by atoms with van der Waals surface area (Å²) in [6.07, 6.45) is 1.85. The molecule has 3 rings (SSSR count). The predicted molar refractivity (Wildman–Crippen MR) is 108 cm³/mol. The van der Waals surface area contributed by atoms with Crippen LogP contribution in [0.25, 0.3) is 0 Å². The molecule has 2 aromatic carbocycles. The lowest BCUT2D eigenvalue weighted by Crippen LogP contribution is -2.20. The van der Waals surface area contributed by atoms with Crippen LogP contribution in [0.15, 0.2) is 42.5 Å². The molecule has 0 spiro atoms. The minimum Gasteiger partial charge on any atom is -0.484 e. The molecule has 1 fully saturated rings. The van der Waals surface area contributed by atoms with Gasteiger partial charge >= 0.3 is 0 Å². The molecule has 0 bridgehead atoms. The van der Waals surface area contributed by atoms with Crippen molar-refractivity contribution in [3.8, 4) is 5.75 Å². The van der Waals surface area contributed by atoms with Crippen LogP contribution in [-0.4, -0.2) is 24.3 Å². The zero-order valence-electron chi connectivity index (χ0n) is 15.3. The molecule has 0 heterocycles. The van der Waals surface area contributed by atoms with Gasteiger partial charge in [-0.25, -0.2) is 0 Å². The van der Waals surface area contributed by atoms with Crippen LogP contribution in [0.3, 0.4) is 0 Å². The van der Waals surface area contributed by atoms with Gasteiger partial charge in [-0.2, -0.15) is 0 Å². The molecule has 7 nitrogen and oxygen atoms in total. The van der Waals surface area contributed by atoms with E-state index in [4.69, 9.17) is 16.3 Å². The number of halogens is 1. The molecule has 0 radical (unpaired) electrons. The van der Waals surface area contributed by atoms with Crippen molar-refractivity contribution in [2.45, 2.75) is 19.8 Å². The number of hydrogen-bond donors (Lipinski definition) is 3. The van der Waals surface area contributed by atoms with Crippen molar-refractivity contribution >= 4 is 46.4 Å². The lowest BCUT2D eigenvalue weighted by atomic mass is 10.2. The molecule has 3 N–H and O–H groups in total. The second kappa shape index (κ2) is 8.75. The highest BCUT2D eigenvalue weighted by Crippen LogP contribution is 2.30. The standard InChI is InChI=1S/C20H20ClN3O4/c1-12(25)22-15-7-8-17(21)18(10-15)24-19(26)11-28-16-4-2-3-14(9-16)23-20(27)13-5-6-13/h2-4,7-10,13H,5-6,11H2,1H3,(H,22,25)(H,23,27)(H,24,26). The lowest BCUT2D eigenvalue weighted by molar-refractivity contribution is -0.118. The van der Waals surface area contributed by atoms with E-state index in [0.29, 0.717) is 27.8 Å². The summed E-state index contributed by atoms with van der Waals surface area (Å²) >= 11 is 6.09. The van der Waals surface area contributed by atoms with Crippen molar-refractivity contribution < 1.29 is 19.1 Å². The number of benzene rings is 2. The Hall–Kier alpha value is -3.06. The minimum atomic E-state index is -0.408. The van der Waals surface area contributed by atoms with E-state index in [1.54, 1.807) is 42.5 Å². The highest BCUT2D eigenvalue weighted by atomic mass is 35.5. The Morgan fingerprint density at radius 1 is 1.04 bits per heavy atom. The number of hydrogen-bond acceptors (Lipinski definition) is 4. The molecule has 28 heavy (non-hydrogen) atoms. The average Bonchev–Trinajstić information content (AvgIpc) is 3.48. The van der Waals surface area contributed by atoms with Crippen LogP contribution in [0.4, 0.5) is 17.1 Å². The highest BCUT2D eigenvalue weighted by Gasteiger charge is 2.29. The summed E-state index contributed by atoms with van der Waals surface area (Å²) in [5, 5.41) is 8.44. The van der Waals surface area contributed by atoms with Crippen molar-refractivity contribution in [2.24, 2.45) is 5.92 Å². The normalized spacial score (nSPS) is 12.8. The van der Waals surface area contributed by atoms with Gasteiger partial charge in [0.2, 0.25) is 11.8 Å². The van der Waals surface area contributed by atoms with Gasteiger partial charge in [-0.15, -0.1) is 0 Å². The van der Waals surface area contributed by atoms with Gasteiger partial charge in [0, 0.05) is 30.3 Å². The molecule has 1 aliphatic carbocycles. The SMILES string of the molecule is CC(=O)Nc1ccc(Cl)c(NC(=O)COc2cccc(NC(=O)C3CC3)c2)c1. The van der Waals surface area contributed by atoms with Crippen molar-refractivity contribution in [2.75, 3.05) is 22.6 Å². The number of carbonyl (C=O) groups excluding carboxylic acids is 3. The molecule has 3 amide bonds. The molecule has 146 valence electrons. The number of anilines is 3. The van der Waals surface area contributed by atoms with Gasteiger partial charge in [0.1, 0.15) is 5.75 Å². The number of nitrogens with one attached hydrogen (secondary N) is 3. The molecule has 2 aromatic rings. The zero-order chi connectivity index (χ0) is 20.1. The van der Waals surface area contributed by atoms with E-state index >= 15 is 0 Å². The largest absolute Gasteiger partial charge is 0.484 e. The van der Waals surface area contributed by atoms with Gasteiger partial charge in [-0.3, -0.25) is 14.4 Å². The fraction of sp³-hybridized carbons (Fsp3) is 0.250. The van der Waals surface area contributed by atoms with Gasteiger partial charge in [0.25, 0.3) is 5.91 Å². The van der Waals surface area contributed by atoms with Crippen LogP contribution in [0, 0.1) is 5.92 Å². The molecule has 0 unspecified atom stereocenters. The summed E-state index contributed by atoms with van der Waals surface area (Å²) in [5.74, 6) is -0.0651. The van der Waals surface area contributed by atoms with Crippen molar-refractivity contribution in [1.82, 2.24) is 0 Å². The molecular formula is C20H20ClN3O4. The van der Waals surface area contributed by atoms with E-state index in [2.05, 4.69) is 16.0 Å². The first-order chi connectivity index (χ1) is 13.4. The van der Waals surface area contributed by atoms with E-state index < -0.39 is 5.91 Å². The first-order valence-corrected chi connectivity index (χ1v) is 9.19. The monoisotopic (exact) mass is 401 g/mol. The van der Waals surface area contributed by atoms with E-state index in [1.165, 1.54) is 6.92 Å². The summed E-state index contributed by atoms with van der Waals surface area (Å²) in [7, 11) is 0. The molecule has 0 aromatic heterocycles. The van der Waals surface area contributed by atoms with Crippen LogP contribution in [0.2, 0.25) is 5.02 Å². The van der Waals surface area contributed by atoms with Crippen LogP contribution in [0.1, 0.15) is 19.8 Å². The van der Waals surface area contributed by atoms with Gasteiger partial charge in [-0.1, -0.05) is 17.7 Å². The molecule has 8 heteroatoms. The molecular weight excluding hydrogens is 382 g/mol. The van der Waals surface area contributed by atoms with Crippen LogP contribution in [0.5, 0.6) is 5.75 Å². The van der Waals surface area contributed by atoms with E-state index in [0.717, 1.165) is 12.8 Å². The van der Waals surface area contributed by atoms with E-state index in [1.807, 2.05) is 0 Å². The molecule has 1 saturated carbocycles. The van der Waals surface area contributed by atoms with Crippen LogP contribution >= 0.6 is 11.6 Å². The highest BCUT2D eigenvalue weighted by molar-refractivity contribution is 6.33. The zero-order valence-corrected chi connectivity index (χ0v) is 16.0. The Bertz CT molecular complexity index is 912. The lowest BCUT2D eigenvalue weighted by Gasteiger charge is -2.11. The average molecular weight is 402 g/mol. The van der Waals surface area contributed by atoms with Gasteiger partial charge in [-0.05, 0) is 43.2 Å². The fourth-order valence-electron chi connectivity index (χ4n) is 2.49. The summed E-state index contributed by atoms with van der Waals surface area (Å²) in [5.41, 5.74) is 1.51. The second-order valence-corrected chi connectivity index (χ2v) is 6.91. The Morgan fingerprint density at radius 2 is 1.79 bits per heavy atom. The van der Waals surface area contributed by atoms with E-state index in [-0.39, 0.29) is 24.3 Å². The summed E-state index contributed by atoms with van der Waals surface area (Å²) in [6, 6.07) is 11.6. The topological polar surface area (TPSA) is 96.5 Å². The van der Waals surface area contributed by atoms with E-state index in [9.17, 15) is 14.4 Å². The fourth-order valence-corrected chi connectivity index (χ4v) is 2.66. The number of amides is 3. The van der Waals surface area contributed by atoms with Crippen LogP contribution < -0.4 is 20.7 Å². The summed E-state index contributed by atoms with van der Waals surface area (Å²) in [6.45, 7) is 1.16. The third kappa shape index (κ3) is 5.72. The van der Waals surface area contributed by atoms with Gasteiger partial charge in [0.05, 0.1) is 10.7 Å². The Kier molecular flexibility index (Phi) is 6.16. The third-order valence-corrected chi connectivity index (χ3v) is 4.31. The Labute approximate surface area is 167 Å². The van der Waals surface area contributed by atoms with Crippen molar-refractivity contribution in [3.63, 3.8) is 0 Å². The Morgan fingerprint density at radius 3 is 2.50 bits per heavy atom. The minimum absolute atomic E-state index is 0.00332. The molecule has 0 atom stereocenters. The maximum Gasteiger partial charge on any atom is 0.262 e. The smallest absolute Gasteiger partial charge is 0.262 e. The van der Waals surface area contributed by atoms with Gasteiger partial charge in [0.15, 0.2) is 6.61 Å². The summed E-state index contributed by atoms with van der Waals surface area (Å²) in [4.78, 5) is 35.2. The predicted octanol–water partition coefficient (Wildman–Crippen LogP) is 3.66. The molecule has 0 saturated heterocycles. The Balaban J connectivity index is 1.55. The second-order valence-electron chi connectivity index (χ2n) is 6.50. The van der Waals surface area contributed by atoms with Crippen molar-refractivity contribution in [1.29, 1.82) is 0 Å². The maximum atomic E-state index is 12.2. The van der Waals surface area contributed by atoms with Crippen molar-refractivity contribution in [3.05, 3.63) is 47.5 Å². The first kappa shape index (κ1) is 19.7. The van der Waals surface area contributed by atoms with Crippen LogP contribution in [-0.2, 0) is 14.4 Å². The third-order valence-electron chi connectivity index (χ3n) is 3.98. The first-order valence-electron chi connectivity index (χ1n) is 8.81. The molecule has 0 aliphatic heterocycles. The number of carbonyl (C=O) groups is 3. The number of rotatable bonds is 7. The molecule has 1 aliphatic rings. The number of ether oxygens (including phenoxy) is 1. The maximum absolute atomic E-state index is 12.2. The quantitative estimate of drug-likeness (QED) is 0.659. The van der Waals surface area contributed by atoms with Gasteiger partial charge < -0.3 is 20.7 Å². The summed E-state index contributed by atoms with van der Waals surface area (Å²) < 4.78 is 5.50.